The van der Waals surface area contributed by atoms with Crippen LogP contribution in [-0.4, -0.2) is 22.0 Å². The molecule has 0 spiro atoms. The molecule has 0 aliphatic carbocycles. The van der Waals surface area contributed by atoms with Gasteiger partial charge in [0.25, 0.3) is 11.8 Å². The molecule has 0 bridgehead atoms. The van der Waals surface area contributed by atoms with Crippen molar-refractivity contribution >= 4 is 17.9 Å². The van der Waals surface area contributed by atoms with Crippen LogP contribution in [0.5, 0.6) is 11.5 Å². The Kier molecular flexibility index (Phi) is 4.77. The highest BCUT2D eigenvalue weighted by Gasteiger charge is 2.11. The second-order valence-electron chi connectivity index (χ2n) is 4.39. The first kappa shape index (κ1) is 15.1. The Morgan fingerprint density at radius 1 is 0.955 bits per heavy atom. The third kappa shape index (κ3) is 4.11. The van der Waals surface area contributed by atoms with Gasteiger partial charge in [0, 0.05) is 12.1 Å². The van der Waals surface area contributed by atoms with Gasteiger partial charge in [0.2, 0.25) is 0 Å². The summed E-state index contributed by atoms with van der Waals surface area (Å²) in [6.45, 7) is 0. The summed E-state index contributed by atoms with van der Waals surface area (Å²) in [5.74, 6) is -1.76. The Labute approximate surface area is 126 Å². The zero-order valence-corrected chi connectivity index (χ0v) is 11.5. The van der Waals surface area contributed by atoms with Crippen molar-refractivity contribution in [1.82, 2.24) is 10.9 Å². The van der Waals surface area contributed by atoms with Gasteiger partial charge in [0.15, 0.2) is 0 Å². The molecule has 0 saturated heterocycles. The molecule has 2 amide bonds. The summed E-state index contributed by atoms with van der Waals surface area (Å²) in [4.78, 5) is 23.3. The van der Waals surface area contributed by atoms with Gasteiger partial charge in [-0.2, -0.15) is 0 Å². The lowest BCUT2D eigenvalue weighted by Gasteiger charge is -2.07. The molecule has 0 aromatic heterocycles. The van der Waals surface area contributed by atoms with E-state index in [4.69, 9.17) is 5.11 Å². The summed E-state index contributed by atoms with van der Waals surface area (Å²) in [6.07, 6.45) is 2.87. The maximum absolute atomic E-state index is 11.8. The fraction of sp³-hybridized carbons (Fsp3) is 0. The molecule has 2 aromatic rings. The molecule has 112 valence electrons. The normalized spacial score (nSPS) is 10.4. The lowest BCUT2D eigenvalue weighted by atomic mass is 10.2. The number of phenolic OH excluding ortho intramolecular Hbond substituents is 2. The van der Waals surface area contributed by atoms with E-state index in [1.807, 2.05) is 30.3 Å². The van der Waals surface area contributed by atoms with E-state index in [9.17, 15) is 14.7 Å². The van der Waals surface area contributed by atoms with Crippen molar-refractivity contribution in [3.8, 4) is 11.5 Å². The average molecular weight is 298 g/mol. The van der Waals surface area contributed by atoms with Crippen molar-refractivity contribution in [3.05, 3.63) is 65.7 Å². The van der Waals surface area contributed by atoms with Gasteiger partial charge < -0.3 is 10.2 Å². The highest BCUT2D eigenvalue weighted by molar-refractivity contribution is 5.99. The molecule has 0 unspecified atom stereocenters. The maximum Gasteiger partial charge on any atom is 0.273 e. The topological polar surface area (TPSA) is 98.7 Å². The first-order valence-electron chi connectivity index (χ1n) is 6.41. The highest BCUT2D eigenvalue weighted by Crippen LogP contribution is 2.21. The molecule has 0 aliphatic heterocycles. The number of phenols is 2. The van der Waals surface area contributed by atoms with Crippen LogP contribution in [0.2, 0.25) is 0 Å². The average Bonchev–Trinajstić information content (AvgIpc) is 2.51. The Balaban J connectivity index is 1.91. The van der Waals surface area contributed by atoms with Gasteiger partial charge in [0.05, 0.1) is 5.56 Å². The zero-order chi connectivity index (χ0) is 15.9. The monoisotopic (exact) mass is 298 g/mol. The molecule has 6 heteroatoms. The highest BCUT2D eigenvalue weighted by atomic mass is 16.3. The molecule has 6 nitrogen and oxygen atoms in total. The van der Waals surface area contributed by atoms with Crippen LogP contribution in [0.4, 0.5) is 0 Å². The van der Waals surface area contributed by atoms with Gasteiger partial charge >= 0.3 is 0 Å². The lowest BCUT2D eigenvalue weighted by Crippen LogP contribution is -2.40. The number of hydrogen-bond donors (Lipinski definition) is 4. The van der Waals surface area contributed by atoms with Crippen LogP contribution < -0.4 is 10.9 Å². The summed E-state index contributed by atoms with van der Waals surface area (Å²) in [7, 11) is 0. The Morgan fingerprint density at radius 2 is 1.68 bits per heavy atom. The van der Waals surface area contributed by atoms with Crippen LogP contribution in [-0.2, 0) is 4.79 Å². The fourth-order valence-corrected chi connectivity index (χ4v) is 1.68. The molecule has 0 saturated carbocycles. The van der Waals surface area contributed by atoms with Crippen molar-refractivity contribution in [2.24, 2.45) is 0 Å². The van der Waals surface area contributed by atoms with E-state index in [1.54, 1.807) is 6.08 Å². The Bertz CT molecular complexity index is 711. The van der Waals surface area contributed by atoms with E-state index in [-0.39, 0.29) is 17.1 Å². The second-order valence-corrected chi connectivity index (χ2v) is 4.39. The molecule has 2 aromatic carbocycles. The molecule has 0 heterocycles. The van der Waals surface area contributed by atoms with E-state index in [0.29, 0.717) is 0 Å². The van der Waals surface area contributed by atoms with Gasteiger partial charge in [-0.05, 0) is 23.8 Å². The van der Waals surface area contributed by atoms with Crippen LogP contribution in [0.3, 0.4) is 0 Å². The molecular formula is C16H14N2O4. The van der Waals surface area contributed by atoms with Crippen molar-refractivity contribution < 1.29 is 19.8 Å². The van der Waals surface area contributed by atoms with Crippen molar-refractivity contribution in [2.75, 3.05) is 0 Å². The number of nitrogens with one attached hydrogen (secondary N) is 2. The van der Waals surface area contributed by atoms with Crippen LogP contribution in [0.25, 0.3) is 6.08 Å². The largest absolute Gasteiger partial charge is 0.508 e. The van der Waals surface area contributed by atoms with Gasteiger partial charge in [-0.15, -0.1) is 0 Å². The summed E-state index contributed by atoms with van der Waals surface area (Å²) in [6, 6.07) is 12.7. The van der Waals surface area contributed by atoms with Crippen molar-refractivity contribution in [2.45, 2.75) is 0 Å². The van der Waals surface area contributed by atoms with Crippen LogP contribution in [0.15, 0.2) is 54.6 Å². The van der Waals surface area contributed by atoms with Crippen LogP contribution in [0, 0.1) is 0 Å². The number of benzene rings is 2. The van der Waals surface area contributed by atoms with Crippen molar-refractivity contribution in [3.63, 3.8) is 0 Å². The molecule has 22 heavy (non-hydrogen) atoms. The number of carbonyl (C=O) groups excluding carboxylic acids is 2. The maximum atomic E-state index is 11.8. The molecule has 0 fully saturated rings. The number of amides is 2. The zero-order valence-electron chi connectivity index (χ0n) is 11.5. The minimum Gasteiger partial charge on any atom is -0.508 e. The van der Waals surface area contributed by atoms with Crippen LogP contribution >= 0.6 is 0 Å². The second kappa shape index (κ2) is 6.94. The summed E-state index contributed by atoms with van der Waals surface area (Å²) in [5, 5.41) is 18.7. The molecule has 4 N–H and O–H groups in total. The van der Waals surface area contributed by atoms with E-state index >= 15 is 0 Å². The summed E-state index contributed by atoms with van der Waals surface area (Å²) in [5.41, 5.74) is 5.14. The minimum atomic E-state index is -0.695. The van der Waals surface area contributed by atoms with Gasteiger partial charge in [-0.25, -0.2) is 0 Å². The number of hydrogen-bond acceptors (Lipinski definition) is 4. The minimum absolute atomic E-state index is 0.0647. The van der Waals surface area contributed by atoms with E-state index < -0.39 is 11.8 Å². The van der Waals surface area contributed by atoms with Crippen molar-refractivity contribution in [1.29, 1.82) is 0 Å². The fourth-order valence-electron chi connectivity index (χ4n) is 1.68. The number of hydrazine groups is 1. The number of carbonyl (C=O) groups is 2. The van der Waals surface area contributed by atoms with E-state index in [1.165, 1.54) is 18.2 Å². The van der Waals surface area contributed by atoms with Crippen LogP contribution in [0.1, 0.15) is 15.9 Å². The standard InChI is InChI=1S/C16H14N2O4/c19-12-7-8-13(14(20)10-12)16(22)18-17-15(21)9-6-11-4-2-1-3-5-11/h1-10,19-20H,(H,17,21)(H,18,22)/b9-6+. The molecule has 2 rings (SSSR count). The van der Waals surface area contributed by atoms with E-state index in [0.717, 1.165) is 11.6 Å². The molecule has 0 radical (unpaired) electrons. The first-order chi connectivity index (χ1) is 10.6. The predicted octanol–water partition coefficient (Wildman–Crippen LogP) is 1.57. The smallest absolute Gasteiger partial charge is 0.273 e. The number of rotatable bonds is 3. The lowest BCUT2D eigenvalue weighted by molar-refractivity contribution is -0.117. The molecule has 0 aliphatic rings. The molecular weight excluding hydrogens is 284 g/mol. The number of aromatic hydroxyl groups is 2. The Hall–Kier alpha value is -3.28. The predicted molar refractivity (Wildman–Crippen MR) is 80.9 cm³/mol. The van der Waals surface area contributed by atoms with Gasteiger partial charge in [-0.3, -0.25) is 20.4 Å². The van der Waals surface area contributed by atoms with Gasteiger partial charge in [-0.1, -0.05) is 30.3 Å². The Morgan fingerprint density at radius 3 is 2.36 bits per heavy atom. The summed E-state index contributed by atoms with van der Waals surface area (Å²) >= 11 is 0. The quantitative estimate of drug-likeness (QED) is 0.510. The third-order valence-electron chi connectivity index (χ3n) is 2.75. The third-order valence-corrected chi connectivity index (χ3v) is 2.75. The van der Waals surface area contributed by atoms with E-state index in [2.05, 4.69) is 10.9 Å². The first-order valence-corrected chi connectivity index (χ1v) is 6.41. The summed E-state index contributed by atoms with van der Waals surface area (Å²) < 4.78 is 0. The SMILES string of the molecule is O=C(/C=C/c1ccccc1)NNC(=O)c1ccc(O)cc1O. The van der Waals surface area contributed by atoms with Gasteiger partial charge in [0.1, 0.15) is 11.5 Å². The molecule has 0 atom stereocenters.